The molecule has 0 radical (unpaired) electrons. The SMILES string of the molecule is Cc1csc(CCCCNC(=O)C(Oc2ccccc2)c2ccccc2)n1. The number of aryl methyl sites for hydroxylation is 2. The van der Waals surface area contributed by atoms with Gasteiger partial charge < -0.3 is 10.1 Å². The summed E-state index contributed by atoms with van der Waals surface area (Å²) in [7, 11) is 0. The van der Waals surface area contributed by atoms with E-state index in [9.17, 15) is 4.79 Å². The highest BCUT2D eigenvalue weighted by Gasteiger charge is 2.22. The molecule has 140 valence electrons. The van der Waals surface area contributed by atoms with Crippen LogP contribution in [0.15, 0.2) is 66.0 Å². The molecule has 0 aliphatic heterocycles. The number of carbonyl (C=O) groups is 1. The fourth-order valence-corrected chi connectivity index (χ4v) is 3.58. The zero-order chi connectivity index (χ0) is 18.9. The molecule has 1 unspecified atom stereocenters. The van der Waals surface area contributed by atoms with Crippen LogP contribution in [-0.4, -0.2) is 17.4 Å². The quantitative estimate of drug-likeness (QED) is 0.547. The topological polar surface area (TPSA) is 51.2 Å². The minimum atomic E-state index is -0.657. The van der Waals surface area contributed by atoms with Crippen molar-refractivity contribution in [1.29, 1.82) is 0 Å². The van der Waals surface area contributed by atoms with E-state index >= 15 is 0 Å². The summed E-state index contributed by atoms with van der Waals surface area (Å²) >= 11 is 1.70. The number of aromatic nitrogens is 1. The standard InChI is InChI=1S/C22H24N2O2S/c1-17-16-27-20(24-17)14-8-9-15-23-22(25)21(18-10-4-2-5-11-18)26-19-12-6-3-7-13-19/h2-7,10-13,16,21H,8-9,14-15H2,1H3,(H,23,25). The van der Waals surface area contributed by atoms with Crippen LogP contribution in [0.2, 0.25) is 0 Å². The molecule has 1 heterocycles. The molecule has 0 saturated carbocycles. The Morgan fingerprint density at radius 2 is 1.78 bits per heavy atom. The van der Waals surface area contributed by atoms with E-state index in [1.807, 2.05) is 67.6 Å². The average Bonchev–Trinajstić information content (AvgIpc) is 3.12. The molecule has 4 nitrogen and oxygen atoms in total. The molecule has 1 N–H and O–H groups in total. The summed E-state index contributed by atoms with van der Waals surface area (Å²) in [4.78, 5) is 17.2. The van der Waals surface area contributed by atoms with Gasteiger partial charge in [0.1, 0.15) is 5.75 Å². The number of nitrogens with zero attached hydrogens (tertiary/aromatic N) is 1. The van der Waals surface area contributed by atoms with Crippen LogP contribution in [0.1, 0.15) is 35.2 Å². The molecule has 1 amide bonds. The summed E-state index contributed by atoms with van der Waals surface area (Å²) in [5.41, 5.74) is 1.92. The zero-order valence-electron chi connectivity index (χ0n) is 15.4. The Kier molecular flexibility index (Phi) is 6.99. The van der Waals surface area contributed by atoms with Crippen molar-refractivity contribution in [2.24, 2.45) is 0 Å². The number of hydrogen-bond acceptors (Lipinski definition) is 4. The van der Waals surface area contributed by atoms with Crippen molar-refractivity contribution in [3.63, 3.8) is 0 Å². The lowest BCUT2D eigenvalue weighted by Gasteiger charge is -2.19. The minimum Gasteiger partial charge on any atom is -0.476 e. The molecule has 0 aliphatic carbocycles. The number of nitrogens with one attached hydrogen (secondary N) is 1. The minimum absolute atomic E-state index is 0.116. The molecule has 0 fully saturated rings. The smallest absolute Gasteiger partial charge is 0.265 e. The molecule has 5 heteroatoms. The van der Waals surface area contributed by atoms with E-state index < -0.39 is 6.10 Å². The summed E-state index contributed by atoms with van der Waals surface area (Å²) in [5, 5.41) is 6.24. The van der Waals surface area contributed by atoms with E-state index in [4.69, 9.17) is 4.74 Å². The third-order valence-corrected chi connectivity index (χ3v) is 5.15. The predicted molar refractivity (Wildman–Crippen MR) is 109 cm³/mol. The van der Waals surface area contributed by atoms with Gasteiger partial charge in [-0.15, -0.1) is 11.3 Å². The van der Waals surface area contributed by atoms with Gasteiger partial charge in [0, 0.05) is 23.2 Å². The van der Waals surface area contributed by atoms with Gasteiger partial charge in [-0.25, -0.2) is 4.98 Å². The largest absolute Gasteiger partial charge is 0.476 e. The lowest BCUT2D eigenvalue weighted by molar-refractivity contribution is -0.128. The molecule has 1 atom stereocenters. The second-order valence-corrected chi connectivity index (χ2v) is 7.30. The van der Waals surface area contributed by atoms with Gasteiger partial charge in [0.15, 0.2) is 0 Å². The van der Waals surface area contributed by atoms with E-state index in [0.29, 0.717) is 12.3 Å². The molecule has 27 heavy (non-hydrogen) atoms. The van der Waals surface area contributed by atoms with Crippen molar-refractivity contribution in [2.75, 3.05) is 6.54 Å². The first-order valence-electron chi connectivity index (χ1n) is 9.18. The molecule has 0 aliphatic rings. The molecule has 1 aromatic heterocycles. The third kappa shape index (κ3) is 5.93. The van der Waals surface area contributed by atoms with Crippen LogP contribution in [-0.2, 0) is 11.2 Å². The molecule has 3 aromatic rings. The van der Waals surface area contributed by atoms with Gasteiger partial charge in [0.25, 0.3) is 5.91 Å². The van der Waals surface area contributed by atoms with E-state index in [1.54, 1.807) is 11.3 Å². The summed E-state index contributed by atoms with van der Waals surface area (Å²) < 4.78 is 5.97. The average molecular weight is 381 g/mol. The van der Waals surface area contributed by atoms with E-state index in [0.717, 1.165) is 35.5 Å². The van der Waals surface area contributed by atoms with Gasteiger partial charge in [-0.1, -0.05) is 48.5 Å². The molecular formula is C22H24N2O2S. The highest BCUT2D eigenvalue weighted by molar-refractivity contribution is 7.09. The number of thiazole rings is 1. The number of unbranched alkanes of at least 4 members (excludes halogenated alkanes) is 1. The molecule has 3 rings (SSSR count). The summed E-state index contributed by atoms with van der Waals surface area (Å²) in [5.74, 6) is 0.566. The highest BCUT2D eigenvalue weighted by atomic mass is 32.1. The van der Waals surface area contributed by atoms with Gasteiger partial charge in [-0.2, -0.15) is 0 Å². The van der Waals surface area contributed by atoms with Gasteiger partial charge in [0.2, 0.25) is 6.10 Å². The van der Waals surface area contributed by atoms with Gasteiger partial charge in [-0.3, -0.25) is 4.79 Å². The van der Waals surface area contributed by atoms with Crippen LogP contribution in [0.25, 0.3) is 0 Å². The number of ether oxygens (including phenoxy) is 1. The van der Waals surface area contributed by atoms with E-state index in [1.165, 1.54) is 0 Å². The second kappa shape index (κ2) is 9.88. The Labute approximate surface area is 164 Å². The number of rotatable bonds is 9. The van der Waals surface area contributed by atoms with Crippen LogP contribution in [0.5, 0.6) is 5.75 Å². The Balaban J connectivity index is 1.53. The van der Waals surface area contributed by atoms with Gasteiger partial charge in [-0.05, 0) is 38.3 Å². The predicted octanol–water partition coefficient (Wildman–Crippen LogP) is 4.71. The Hall–Kier alpha value is -2.66. The number of benzene rings is 2. The van der Waals surface area contributed by atoms with Gasteiger partial charge >= 0.3 is 0 Å². The maximum atomic E-state index is 12.7. The van der Waals surface area contributed by atoms with Crippen molar-refractivity contribution in [3.8, 4) is 5.75 Å². The number of amides is 1. The van der Waals surface area contributed by atoms with Crippen molar-refractivity contribution in [3.05, 3.63) is 82.3 Å². The monoisotopic (exact) mass is 380 g/mol. The molecular weight excluding hydrogens is 356 g/mol. The van der Waals surface area contributed by atoms with E-state index in [2.05, 4.69) is 15.7 Å². The maximum absolute atomic E-state index is 12.7. The van der Waals surface area contributed by atoms with Crippen LogP contribution < -0.4 is 10.1 Å². The van der Waals surface area contributed by atoms with E-state index in [-0.39, 0.29) is 5.91 Å². The fourth-order valence-electron chi connectivity index (χ4n) is 2.76. The first kappa shape index (κ1) is 19.1. The van der Waals surface area contributed by atoms with Crippen molar-refractivity contribution < 1.29 is 9.53 Å². The highest BCUT2D eigenvalue weighted by Crippen LogP contribution is 2.22. The number of para-hydroxylation sites is 1. The van der Waals surface area contributed by atoms with Gasteiger partial charge in [0.05, 0.1) is 5.01 Å². The number of carbonyl (C=O) groups excluding carboxylic acids is 1. The lowest BCUT2D eigenvalue weighted by Crippen LogP contribution is -2.33. The lowest BCUT2D eigenvalue weighted by atomic mass is 10.1. The van der Waals surface area contributed by atoms with Crippen LogP contribution in [0, 0.1) is 6.92 Å². The first-order valence-corrected chi connectivity index (χ1v) is 10.1. The summed E-state index contributed by atoms with van der Waals surface area (Å²) in [6.07, 6.45) is 2.21. The normalized spacial score (nSPS) is 11.7. The third-order valence-electron chi connectivity index (χ3n) is 4.12. The Morgan fingerprint density at radius 1 is 1.07 bits per heavy atom. The molecule has 0 spiro atoms. The van der Waals surface area contributed by atoms with Crippen molar-refractivity contribution in [1.82, 2.24) is 10.3 Å². The zero-order valence-corrected chi connectivity index (χ0v) is 16.2. The van der Waals surface area contributed by atoms with Crippen molar-refractivity contribution in [2.45, 2.75) is 32.3 Å². The maximum Gasteiger partial charge on any atom is 0.265 e. The van der Waals surface area contributed by atoms with Crippen LogP contribution in [0.3, 0.4) is 0 Å². The molecule has 0 bridgehead atoms. The second-order valence-electron chi connectivity index (χ2n) is 6.35. The Bertz CT molecular complexity index is 834. The van der Waals surface area contributed by atoms with Crippen molar-refractivity contribution >= 4 is 17.2 Å². The fraction of sp³-hybridized carbons (Fsp3) is 0.273. The molecule has 0 saturated heterocycles. The first-order chi connectivity index (χ1) is 13.2. The molecule has 2 aromatic carbocycles. The Morgan fingerprint density at radius 3 is 2.44 bits per heavy atom. The van der Waals surface area contributed by atoms with Crippen LogP contribution >= 0.6 is 11.3 Å². The summed E-state index contributed by atoms with van der Waals surface area (Å²) in [6, 6.07) is 19.0. The summed E-state index contributed by atoms with van der Waals surface area (Å²) in [6.45, 7) is 2.64. The van der Waals surface area contributed by atoms with Crippen LogP contribution in [0.4, 0.5) is 0 Å². The number of hydrogen-bond donors (Lipinski definition) is 1.